The van der Waals surface area contributed by atoms with Crippen LogP contribution in [0.25, 0.3) is 11.4 Å². The van der Waals surface area contributed by atoms with E-state index in [2.05, 4.69) is 15.4 Å². The first kappa shape index (κ1) is 21.8. The van der Waals surface area contributed by atoms with Crippen molar-refractivity contribution >= 4 is 27.3 Å². The van der Waals surface area contributed by atoms with Crippen molar-refractivity contribution < 1.29 is 22.7 Å². The van der Waals surface area contributed by atoms with Crippen LogP contribution in [-0.4, -0.2) is 83.1 Å². The first-order valence-corrected chi connectivity index (χ1v) is 12.9. The molecular formula is C20H22N6O5S2. The van der Waals surface area contributed by atoms with Gasteiger partial charge < -0.3 is 14.4 Å². The van der Waals surface area contributed by atoms with Crippen molar-refractivity contribution in [2.45, 2.75) is 17.9 Å². The summed E-state index contributed by atoms with van der Waals surface area (Å²) in [6.45, 7) is 1.94. The fraction of sp³-hybridized carbons (Fsp3) is 0.400. The molecule has 1 saturated heterocycles. The standard InChI is InChI=1S/C20H22N6O5S2/c27-19(13-26-22-20(21-23-26)15-4-11-32-14-15)24-5-7-25(8-6-24)33(28,29)16-2-3-17-18(12-16)31-10-1-9-30-17/h2-4,11-12,14H,1,5-10,13H2. The van der Waals surface area contributed by atoms with Crippen molar-refractivity contribution in [2.75, 3.05) is 39.4 Å². The Morgan fingerprint density at radius 1 is 1.06 bits per heavy atom. The molecule has 0 spiro atoms. The second-order valence-corrected chi connectivity index (χ2v) is 10.3. The molecule has 0 radical (unpaired) electrons. The summed E-state index contributed by atoms with van der Waals surface area (Å²) in [6, 6.07) is 6.55. The van der Waals surface area contributed by atoms with Crippen LogP contribution in [0.1, 0.15) is 6.42 Å². The summed E-state index contributed by atoms with van der Waals surface area (Å²) in [5.41, 5.74) is 0.854. The lowest BCUT2D eigenvalue weighted by Crippen LogP contribution is -2.51. The van der Waals surface area contributed by atoms with Crippen LogP contribution >= 0.6 is 11.3 Å². The zero-order valence-electron chi connectivity index (χ0n) is 17.7. The lowest BCUT2D eigenvalue weighted by atomic mass is 10.3. The molecule has 13 heteroatoms. The zero-order valence-corrected chi connectivity index (χ0v) is 19.3. The van der Waals surface area contributed by atoms with E-state index in [1.807, 2.05) is 16.8 Å². The molecular weight excluding hydrogens is 468 g/mol. The maximum atomic E-state index is 13.1. The summed E-state index contributed by atoms with van der Waals surface area (Å²) in [5.74, 6) is 1.27. The van der Waals surface area contributed by atoms with E-state index in [0.29, 0.717) is 30.5 Å². The molecule has 0 N–H and O–H groups in total. The molecule has 0 saturated carbocycles. The Morgan fingerprint density at radius 2 is 1.85 bits per heavy atom. The molecule has 4 heterocycles. The molecule has 11 nitrogen and oxygen atoms in total. The van der Waals surface area contributed by atoms with Gasteiger partial charge in [-0.2, -0.15) is 20.4 Å². The van der Waals surface area contributed by atoms with Crippen molar-refractivity contribution in [1.29, 1.82) is 0 Å². The third-order valence-corrected chi connectivity index (χ3v) is 8.03. The minimum absolute atomic E-state index is 0.0496. The summed E-state index contributed by atoms with van der Waals surface area (Å²) in [5, 5.41) is 16.0. The summed E-state index contributed by atoms with van der Waals surface area (Å²) in [7, 11) is -3.72. The number of piperazine rings is 1. The molecule has 2 aliphatic heterocycles. The molecule has 1 amide bonds. The number of hydrogen-bond acceptors (Lipinski definition) is 9. The highest BCUT2D eigenvalue weighted by atomic mass is 32.2. The number of carbonyl (C=O) groups excluding carboxylic acids is 1. The van der Waals surface area contributed by atoms with Gasteiger partial charge in [-0.1, -0.05) is 0 Å². The average molecular weight is 491 g/mol. The lowest BCUT2D eigenvalue weighted by Gasteiger charge is -2.34. The number of thiophene rings is 1. The number of tetrazole rings is 1. The number of benzene rings is 1. The van der Waals surface area contributed by atoms with E-state index in [1.54, 1.807) is 11.0 Å². The number of hydrogen-bond donors (Lipinski definition) is 0. The molecule has 3 aromatic rings. The number of sulfonamides is 1. The quantitative estimate of drug-likeness (QED) is 0.521. The number of fused-ring (bicyclic) bond motifs is 1. The first-order valence-electron chi connectivity index (χ1n) is 10.5. The topological polar surface area (TPSA) is 120 Å². The second-order valence-electron chi connectivity index (χ2n) is 7.60. The lowest BCUT2D eigenvalue weighted by molar-refractivity contribution is -0.133. The van der Waals surface area contributed by atoms with Gasteiger partial charge in [-0.3, -0.25) is 4.79 Å². The number of nitrogens with zero attached hydrogens (tertiary/aromatic N) is 6. The molecule has 0 unspecified atom stereocenters. The van der Waals surface area contributed by atoms with Gasteiger partial charge in [0.1, 0.15) is 6.54 Å². The summed E-state index contributed by atoms with van der Waals surface area (Å²) >= 11 is 1.53. The monoisotopic (exact) mass is 490 g/mol. The van der Waals surface area contributed by atoms with Gasteiger partial charge in [0.25, 0.3) is 0 Å². The number of rotatable bonds is 5. The van der Waals surface area contributed by atoms with E-state index < -0.39 is 10.0 Å². The van der Waals surface area contributed by atoms with E-state index >= 15 is 0 Å². The first-order chi connectivity index (χ1) is 16.0. The highest BCUT2D eigenvalue weighted by Crippen LogP contribution is 2.33. The molecule has 0 atom stereocenters. The van der Waals surface area contributed by atoms with Crippen molar-refractivity contribution in [3.63, 3.8) is 0 Å². The highest BCUT2D eigenvalue weighted by molar-refractivity contribution is 7.89. The Morgan fingerprint density at radius 3 is 2.61 bits per heavy atom. The van der Waals surface area contributed by atoms with Crippen molar-refractivity contribution in [3.05, 3.63) is 35.0 Å². The van der Waals surface area contributed by atoms with Crippen LogP contribution in [0.15, 0.2) is 39.9 Å². The van der Waals surface area contributed by atoms with Crippen molar-refractivity contribution in [2.24, 2.45) is 0 Å². The van der Waals surface area contributed by atoms with Crippen LogP contribution in [0.3, 0.4) is 0 Å². The maximum Gasteiger partial charge on any atom is 0.246 e. The zero-order chi connectivity index (χ0) is 22.8. The third-order valence-electron chi connectivity index (χ3n) is 5.46. The Kier molecular flexibility index (Phi) is 6.00. The van der Waals surface area contributed by atoms with Crippen LogP contribution in [0.5, 0.6) is 11.5 Å². The van der Waals surface area contributed by atoms with Crippen molar-refractivity contribution in [1.82, 2.24) is 29.4 Å². The summed E-state index contributed by atoms with van der Waals surface area (Å²) in [6.07, 6.45) is 0.742. The van der Waals surface area contributed by atoms with Gasteiger partial charge in [-0.15, -0.1) is 10.2 Å². The Hall–Kier alpha value is -3.03. The largest absolute Gasteiger partial charge is 0.490 e. The fourth-order valence-corrected chi connectivity index (χ4v) is 5.74. The molecule has 0 aliphatic carbocycles. The third kappa shape index (κ3) is 4.56. The molecule has 2 aliphatic rings. The molecule has 174 valence electrons. The van der Waals surface area contributed by atoms with Crippen LogP contribution in [0, 0.1) is 0 Å². The Labute approximate surface area is 194 Å². The molecule has 33 heavy (non-hydrogen) atoms. The molecule has 1 aromatic carbocycles. The van der Waals surface area contributed by atoms with Crippen LogP contribution < -0.4 is 9.47 Å². The summed E-state index contributed by atoms with van der Waals surface area (Å²) in [4.78, 5) is 15.7. The summed E-state index contributed by atoms with van der Waals surface area (Å²) < 4.78 is 38.9. The average Bonchev–Trinajstić information content (AvgIpc) is 3.46. The second kappa shape index (κ2) is 9.08. The fourth-order valence-electron chi connectivity index (χ4n) is 3.67. The Balaban J connectivity index is 1.20. The predicted octanol–water partition coefficient (Wildman–Crippen LogP) is 1.10. The van der Waals surface area contributed by atoms with Gasteiger partial charge in [-0.25, -0.2) is 8.42 Å². The van der Waals surface area contributed by atoms with Crippen LogP contribution in [0.2, 0.25) is 0 Å². The van der Waals surface area contributed by atoms with Gasteiger partial charge in [0.2, 0.25) is 21.8 Å². The van der Waals surface area contributed by atoms with E-state index in [4.69, 9.17) is 9.47 Å². The van der Waals surface area contributed by atoms with E-state index in [-0.39, 0.29) is 43.5 Å². The minimum atomic E-state index is -3.72. The van der Waals surface area contributed by atoms with Gasteiger partial charge in [0, 0.05) is 49.6 Å². The number of ether oxygens (including phenoxy) is 2. The number of aromatic nitrogens is 4. The van der Waals surface area contributed by atoms with Gasteiger partial charge in [-0.05, 0) is 28.8 Å². The van der Waals surface area contributed by atoms with Gasteiger partial charge >= 0.3 is 0 Å². The minimum Gasteiger partial charge on any atom is -0.490 e. The van der Waals surface area contributed by atoms with E-state index in [1.165, 1.54) is 32.6 Å². The Bertz CT molecular complexity index is 1240. The number of amides is 1. The maximum absolute atomic E-state index is 13.1. The smallest absolute Gasteiger partial charge is 0.246 e. The van der Waals surface area contributed by atoms with Crippen LogP contribution in [0.4, 0.5) is 0 Å². The molecule has 2 aromatic heterocycles. The van der Waals surface area contributed by atoms with Gasteiger partial charge in [0.15, 0.2) is 11.5 Å². The normalized spacial score (nSPS) is 17.0. The molecule has 5 rings (SSSR count). The molecule has 1 fully saturated rings. The van der Waals surface area contributed by atoms with E-state index in [9.17, 15) is 13.2 Å². The van der Waals surface area contributed by atoms with Crippen LogP contribution in [-0.2, 0) is 21.4 Å². The van der Waals surface area contributed by atoms with Gasteiger partial charge in [0.05, 0.1) is 18.1 Å². The molecule has 0 bridgehead atoms. The number of carbonyl (C=O) groups is 1. The SMILES string of the molecule is O=C(Cn1nnc(-c2ccsc2)n1)N1CCN(S(=O)(=O)c2ccc3c(c2)OCCCO3)CC1. The predicted molar refractivity (Wildman–Crippen MR) is 119 cm³/mol. The van der Waals surface area contributed by atoms with E-state index in [0.717, 1.165) is 12.0 Å². The highest BCUT2D eigenvalue weighted by Gasteiger charge is 2.31. The van der Waals surface area contributed by atoms with Crippen molar-refractivity contribution in [3.8, 4) is 22.9 Å².